The zero-order valence-corrected chi connectivity index (χ0v) is 19.8. The van der Waals surface area contributed by atoms with Crippen LogP contribution in [0.1, 0.15) is 45.6 Å². The van der Waals surface area contributed by atoms with E-state index in [1.807, 2.05) is 30.9 Å². The third-order valence-electron chi connectivity index (χ3n) is 5.87. The number of hydrogen-bond acceptors (Lipinski definition) is 4. The molecule has 1 heterocycles. The number of aliphatic imine (C=N–C) groups is 1. The molecule has 0 saturated carbocycles. The third kappa shape index (κ3) is 8.77. The molecule has 0 bridgehead atoms. The van der Waals surface area contributed by atoms with E-state index in [0.717, 1.165) is 57.5 Å². The van der Waals surface area contributed by atoms with Gasteiger partial charge in [-0.2, -0.15) is 0 Å². The van der Waals surface area contributed by atoms with Gasteiger partial charge in [-0.1, -0.05) is 12.1 Å². The smallest absolute Gasteiger partial charge is 0.224 e. The largest absolute Gasteiger partial charge is 0.497 e. The lowest BCUT2D eigenvalue weighted by Gasteiger charge is -2.31. The highest BCUT2D eigenvalue weighted by Crippen LogP contribution is 2.20. The lowest BCUT2D eigenvalue weighted by molar-refractivity contribution is -0.130. The van der Waals surface area contributed by atoms with Gasteiger partial charge in [-0.25, -0.2) is 0 Å². The van der Waals surface area contributed by atoms with Crippen molar-refractivity contribution in [3.05, 3.63) is 29.8 Å². The molecule has 1 amide bonds. The fourth-order valence-electron chi connectivity index (χ4n) is 3.90. The van der Waals surface area contributed by atoms with Crippen LogP contribution in [0.5, 0.6) is 5.75 Å². The van der Waals surface area contributed by atoms with E-state index in [2.05, 4.69) is 34.6 Å². The summed E-state index contributed by atoms with van der Waals surface area (Å²) in [5.41, 5.74) is 1.33. The Labute approximate surface area is 188 Å². The van der Waals surface area contributed by atoms with E-state index >= 15 is 0 Å². The SMILES string of the molecule is CCNC(=NCC1CCN(Cc2ccc(OC)cc2)CC1)NCCC(=O)N(CC)CC. The Bertz CT molecular complexity index is 665. The molecule has 0 unspecified atom stereocenters. The first kappa shape index (κ1) is 25.0. The van der Waals surface area contributed by atoms with Crippen LogP contribution in [-0.2, 0) is 11.3 Å². The zero-order chi connectivity index (χ0) is 22.5. The molecule has 1 aromatic rings. The first-order valence-electron chi connectivity index (χ1n) is 11.7. The van der Waals surface area contributed by atoms with Crippen molar-refractivity contribution in [3.8, 4) is 5.75 Å². The van der Waals surface area contributed by atoms with E-state index in [0.29, 0.717) is 18.9 Å². The van der Waals surface area contributed by atoms with Gasteiger partial charge in [0.05, 0.1) is 7.11 Å². The molecule has 0 aliphatic carbocycles. The maximum atomic E-state index is 12.2. The molecule has 7 nitrogen and oxygen atoms in total. The van der Waals surface area contributed by atoms with E-state index in [1.165, 1.54) is 18.4 Å². The fourth-order valence-corrected chi connectivity index (χ4v) is 3.90. The molecule has 174 valence electrons. The number of hydrogen-bond donors (Lipinski definition) is 2. The molecule has 1 saturated heterocycles. The maximum Gasteiger partial charge on any atom is 0.224 e. The topological polar surface area (TPSA) is 69.2 Å². The van der Waals surface area contributed by atoms with E-state index in [9.17, 15) is 4.79 Å². The highest BCUT2D eigenvalue weighted by molar-refractivity contribution is 5.81. The number of nitrogens with one attached hydrogen (secondary N) is 2. The van der Waals surface area contributed by atoms with Crippen molar-refractivity contribution in [2.45, 2.75) is 46.6 Å². The molecule has 1 fully saturated rings. The monoisotopic (exact) mass is 431 g/mol. The summed E-state index contributed by atoms with van der Waals surface area (Å²) in [6.07, 6.45) is 2.83. The number of rotatable bonds is 11. The Morgan fingerprint density at radius 1 is 1.13 bits per heavy atom. The molecular weight excluding hydrogens is 390 g/mol. The minimum absolute atomic E-state index is 0.192. The van der Waals surface area contributed by atoms with Crippen LogP contribution in [0, 0.1) is 5.92 Å². The summed E-state index contributed by atoms with van der Waals surface area (Å²) in [6, 6.07) is 8.35. The number of carbonyl (C=O) groups excluding carboxylic acids is 1. The van der Waals surface area contributed by atoms with Crippen molar-refractivity contribution >= 4 is 11.9 Å². The highest BCUT2D eigenvalue weighted by atomic mass is 16.5. The maximum absolute atomic E-state index is 12.2. The molecule has 0 aromatic heterocycles. The van der Waals surface area contributed by atoms with Gasteiger partial charge in [-0.15, -0.1) is 0 Å². The van der Waals surface area contributed by atoms with Gasteiger partial charge in [0.2, 0.25) is 5.91 Å². The molecular formula is C24H41N5O2. The minimum Gasteiger partial charge on any atom is -0.497 e. The number of carbonyl (C=O) groups is 1. The summed E-state index contributed by atoms with van der Waals surface area (Å²) in [7, 11) is 1.70. The number of methoxy groups -OCH3 is 1. The van der Waals surface area contributed by atoms with Crippen LogP contribution >= 0.6 is 0 Å². The average molecular weight is 432 g/mol. The average Bonchev–Trinajstić information content (AvgIpc) is 2.80. The second-order valence-corrected chi connectivity index (χ2v) is 8.03. The van der Waals surface area contributed by atoms with E-state index in [4.69, 9.17) is 9.73 Å². The molecule has 31 heavy (non-hydrogen) atoms. The van der Waals surface area contributed by atoms with Crippen molar-refractivity contribution in [1.82, 2.24) is 20.4 Å². The molecule has 7 heteroatoms. The Balaban J connectivity index is 1.73. The van der Waals surface area contributed by atoms with Crippen molar-refractivity contribution in [1.29, 1.82) is 0 Å². The van der Waals surface area contributed by atoms with E-state index < -0.39 is 0 Å². The Morgan fingerprint density at radius 2 is 1.81 bits per heavy atom. The van der Waals surface area contributed by atoms with Gasteiger partial charge in [-0.05, 0) is 70.3 Å². The van der Waals surface area contributed by atoms with E-state index in [-0.39, 0.29) is 5.91 Å². The molecule has 1 aromatic carbocycles. The van der Waals surface area contributed by atoms with Gasteiger partial charge in [0, 0.05) is 45.7 Å². The summed E-state index contributed by atoms with van der Waals surface area (Å²) in [5, 5.41) is 6.61. The number of likely N-dealkylation sites (tertiary alicyclic amines) is 1. The van der Waals surface area contributed by atoms with Crippen molar-refractivity contribution in [2.75, 3.05) is 52.9 Å². The standard InChI is InChI=1S/C24H41N5O2/c1-5-25-24(26-15-12-23(30)29(6-2)7-3)27-18-20-13-16-28(17-14-20)19-21-8-10-22(31-4)11-9-21/h8-11,20H,5-7,12-19H2,1-4H3,(H2,25,26,27). The quantitative estimate of drug-likeness (QED) is 0.416. The predicted molar refractivity (Wildman–Crippen MR) is 128 cm³/mol. The third-order valence-corrected chi connectivity index (χ3v) is 5.87. The van der Waals surface area contributed by atoms with Crippen LogP contribution in [0.3, 0.4) is 0 Å². The summed E-state index contributed by atoms with van der Waals surface area (Å²) < 4.78 is 5.24. The molecule has 0 spiro atoms. The van der Waals surface area contributed by atoms with Gasteiger partial charge in [0.1, 0.15) is 5.75 Å². The molecule has 2 rings (SSSR count). The van der Waals surface area contributed by atoms with Crippen LogP contribution in [0.25, 0.3) is 0 Å². The van der Waals surface area contributed by atoms with Crippen molar-refractivity contribution < 1.29 is 9.53 Å². The number of ether oxygens (including phenoxy) is 1. The lowest BCUT2D eigenvalue weighted by Crippen LogP contribution is -2.40. The molecule has 1 aliphatic rings. The second-order valence-electron chi connectivity index (χ2n) is 8.03. The van der Waals surface area contributed by atoms with Gasteiger partial charge < -0.3 is 20.3 Å². The Kier molecular flexibility index (Phi) is 11.2. The van der Waals surface area contributed by atoms with Crippen LogP contribution in [0.4, 0.5) is 0 Å². The fraction of sp³-hybridized carbons (Fsp3) is 0.667. The van der Waals surface area contributed by atoms with Crippen LogP contribution < -0.4 is 15.4 Å². The summed E-state index contributed by atoms with van der Waals surface area (Å²) in [6.45, 7) is 13.1. The molecule has 2 N–H and O–H groups in total. The number of piperidine rings is 1. The number of guanidine groups is 1. The first-order valence-corrected chi connectivity index (χ1v) is 11.7. The van der Waals surface area contributed by atoms with Crippen LogP contribution in [0.2, 0.25) is 0 Å². The molecule has 1 aliphatic heterocycles. The van der Waals surface area contributed by atoms with Crippen LogP contribution in [-0.4, -0.2) is 74.6 Å². The predicted octanol–water partition coefficient (Wildman–Crippen LogP) is 2.72. The first-order chi connectivity index (χ1) is 15.1. The molecule has 0 atom stereocenters. The highest BCUT2D eigenvalue weighted by Gasteiger charge is 2.19. The van der Waals surface area contributed by atoms with Gasteiger partial charge in [0.15, 0.2) is 5.96 Å². The zero-order valence-electron chi connectivity index (χ0n) is 19.8. The number of amides is 1. The lowest BCUT2D eigenvalue weighted by atomic mass is 9.96. The van der Waals surface area contributed by atoms with Crippen LogP contribution in [0.15, 0.2) is 29.3 Å². The molecule has 0 radical (unpaired) electrons. The number of benzene rings is 1. The van der Waals surface area contributed by atoms with Crippen molar-refractivity contribution in [3.63, 3.8) is 0 Å². The van der Waals surface area contributed by atoms with Gasteiger partial charge in [-0.3, -0.25) is 14.7 Å². The Morgan fingerprint density at radius 3 is 2.39 bits per heavy atom. The summed E-state index contributed by atoms with van der Waals surface area (Å²) in [4.78, 5) is 21.3. The summed E-state index contributed by atoms with van der Waals surface area (Å²) in [5.74, 6) is 2.52. The van der Waals surface area contributed by atoms with E-state index in [1.54, 1.807) is 7.11 Å². The summed E-state index contributed by atoms with van der Waals surface area (Å²) >= 11 is 0. The van der Waals surface area contributed by atoms with Gasteiger partial charge >= 0.3 is 0 Å². The normalized spacial score (nSPS) is 15.5. The number of nitrogens with zero attached hydrogens (tertiary/aromatic N) is 3. The second kappa shape index (κ2) is 13.9. The van der Waals surface area contributed by atoms with Gasteiger partial charge in [0.25, 0.3) is 0 Å². The minimum atomic E-state index is 0.192. The Hall–Kier alpha value is -2.28. The van der Waals surface area contributed by atoms with Crippen molar-refractivity contribution in [2.24, 2.45) is 10.9 Å².